The highest BCUT2D eigenvalue weighted by molar-refractivity contribution is 7.90. The molecule has 214 valence electrons. The summed E-state index contributed by atoms with van der Waals surface area (Å²) in [4.78, 5) is 4.76. The monoisotopic (exact) mass is 596 g/mol. The fourth-order valence-corrected chi connectivity index (χ4v) is 5.11. The second-order valence-electron chi connectivity index (χ2n) is 9.82. The van der Waals surface area contributed by atoms with E-state index in [2.05, 4.69) is 16.0 Å². The first kappa shape index (κ1) is 28.7. The summed E-state index contributed by atoms with van der Waals surface area (Å²) in [6.07, 6.45) is 1.07. The molecule has 0 saturated carbocycles. The first-order valence-corrected chi connectivity index (χ1v) is 15.5. The highest BCUT2D eigenvalue weighted by Crippen LogP contribution is 2.32. The normalized spacial score (nSPS) is 14.6. The molecule has 3 aromatic carbocycles. The van der Waals surface area contributed by atoms with Crippen molar-refractivity contribution in [2.24, 2.45) is 4.99 Å². The summed E-state index contributed by atoms with van der Waals surface area (Å²) in [7, 11) is -3.02. The van der Waals surface area contributed by atoms with E-state index in [0.29, 0.717) is 46.8 Å². The van der Waals surface area contributed by atoms with Crippen LogP contribution in [0.3, 0.4) is 0 Å². The zero-order valence-corrected chi connectivity index (χ0v) is 24.2. The number of benzene rings is 3. The number of hydrogen-bond acceptors (Lipinski definition) is 8. The molecular formula is C30H30ClFN4O4S. The summed E-state index contributed by atoms with van der Waals surface area (Å²) in [5.74, 6) is 2.31. The summed E-state index contributed by atoms with van der Waals surface area (Å²) in [6.45, 7) is 2.94. The van der Waals surface area contributed by atoms with Crippen LogP contribution in [0.2, 0.25) is 5.02 Å². The lowest BCUT2D eigenvalue weighted by Gasteiger charge is -2.24. The molecule has 1 aliphatic rings. The molecule has 1 aromatic heterocycles. The van der Waals surface area contributed by atoms with Crippen LogP contribution in [-0.4, -0.2) is 39.0 Å². The van der Waals surface area contributed by atoms with Crippen molar-refractivity contribution < 1.29 is 22.0 Å². The van der Waals surface area contributed by atoms with E-state index in [1.165, 1.54) is 18.4 Å². The number of nitrogens with one attached hydrogen (secondary N) is 3. The van der Waals surface area contributed by atoms with Crippen molar-refractivity contribution in [2.45, 2.75) is 26.2 Å². The molecule has 2 heterocycles. The van der Waals surface area contributed by atoms with Gasteiger partial charge in [0.15, 0.2) is 0 Å². The predicted octanol–water partition coefficient (Wildman–Crippen LogP) is 6.08. The van der Waals surface area contributed by atoms with Gasteiger partial charge in [0.05, 0.1) is 17.3 Å². The van der Waals surface area contributed by atoms with Gasteiger partial charge in [0.1, 0.15) is 51.5 Å². The molecule has 0 fully saturated rings. The van der Waals surface area contributed by atoms with E-state index in [0.717, 1.165) is 22.5 Å². The van der Waals surface area contributed by atoms with Crippen molar-refractivity contribution in [3.8, 4) is 17.1 Å². The maximum Gasteiger partial charge on any atom is 0.148 e. The molecule has 5 rings (SSSR count). The van der Waals surface area contributed by atoms with Crippen LogP contribution in [0, 0.1) is 5.82 Å². The topological polar surface area (TPSA) is 105 Å². The number of halogens is 2. The Hall–Kier alpha value is -3.86. The third-order valence-electron chi connectivity index (χ3n) is 6.33. The number of nitrogens with zero attached hydrogens (tertiary/aromatic N) is 1. The van der Waals surface area contributed by atoms with Crippen LogP contribution >= 0.6 is 11.6 Å². The Morgan fingerprint density at radius 1 is 1.10 bits per heavy atom. The van der Waals surface area contributed by atoms with Gasteiger partial charge >= 0.3 is 0 Å². The molecule has 0 spiro atoms. The van der Waals surface area contributed by atoms with E-state index in [1.807, 2.05) is 43.3 Å². The van der Waals surface area contributed by atoms with Gasteiger partial charge in [0.2, 0.25) is 0 Å². The Kier molecular flexibility index (Phi) is 8.63. The van der Waals surface area contributed by atoms with Crippen molar-refractivity contribution >= 4 is 38.6 Å². The van der Waals surface area contributed by atoms with Gasteiger partial charge in [-0.05, 0) is 73.2 Å². The van der Waals surface area contributed by atoms with Crippen molar-refractivity contribution in [2.75, 3.05) is 29.2 Å². The molecule has 41 heavy (non-hydrogen) atoms. The van der Waals surface area contributed by atoms with Gasteiger partial charge in [0.25, 0.3) is 0 Å². The minimum Gasteiger partial charge on any atom is -0.487 e. The zero-order chi connectivity index (χ0) is 29.0. The molecule has 0 radical (unpaired) electrons. The number of rotatable bonds is 10. The quantitative estimate of drug-likeness (QED) is 0.191. The SMILES string of the molecule is CC1N=C(Nc2ccc(OCc3cccc(F)c3)c(Cl)c2)c2cc(-c3ccc(CNCCS(C)(=O)=O)o3)ccc2N1. The van der Waals surface area contributed by atoms with Crippen LogP contribution in [0.15, 0.2) is 82.2 Å². The number of furan rings is 1. The Labute approximate surface area is 243 Å². The zero-order valence-electron chi connectivity index (χ0n) is 22.6. The molecule has 0 bridgehead atoms. The van der Waals surface area contributed by atoms with E-state index < -0.39 is 9.84 Å². The van der Waals surface area contributed by atoms with Gasteiger partial charge in [-0.25, -0.2) is 17.8 Å². The molecule has 8 nitrogen and oxygen atoms in total. The largest absolute Gasteiger partial charge is 0.487 e. The molecule has 4 aromatic rings. The number of ether oxygens (including phenoxy) is 1. The van der Waals surface area contributed by atoms with E-state index in [4.69, 9.17) is 25.7 Å². The summed E-state index contributed by atoms with van der Waals surface area (Å²) < 4.78 is 47.9. The molecule has 1 aliphatic heterocycles. The first-order chi connectivity index (χ1) is 19.6. The Morgan fingerprint density at radius 3 is 2.73 bits per heavy atom. The molecule has 11 heteroatoms. The first-order valence-electron chi connectivity index (χ1n) is 13.0. The summed E-state index contributed by atoms with van der Waals surface area (Å²) in [5.41, 5.74) is 4.11. The average molecular weight is 597 g/mol. The van der Waals surface area contributed by atoms with Crippen molar-refractivity contribution in [1.82, 2.24) is 5.32 Å². The lowest BCUT2D eigenvalue weighted by atomic mass is 10.0. The minimum atomic E-state index is -3.02. The number of fused-ring (bicyclic) bond motifs is 1. The van der Waals surface area contributed by atoms with Crippen molar-refractivity contribution in [3.63, 3.8) is 0 Å². The second-order valence-corrected chi connectivity index (χ2v) is 12.5. The van der Waals surface area contributed by atoms with Gasteiger partial charge in [-0.3, -0.25) is 0 Å². The third-order valence-corrected chi connectivity index (χ3v) is 7.58. The third kappa shape index (κ3) is 7.66. The van der Waals surface area contributed by atoms with Crippen LogP contribution < -0.4 is 20.7 Å². The number of aliphatic imine (C=N–C) groups is 1. The van der Waals surface area contributed by atoms with Crippen molar-refractivity contribution in [3.05, 3.63) is 101 Å². The fraction of sp³-hybridized carbons (Fsp3) is 0.233. The molecule has 3 N–H and O–H groups in total. The lowest BCUT2D eigenvalue weighted by Crippen LogP contribution is -2.27. The molecule has 1 atom stereocenters. The van der Waals surface area contributed by atoms with Gasteiger partial charge in [-0.15, -0.1) is 0 Å². The summed E-state index contributed by atoms with van der Waals surface area (Å²) in [5, 5.41) is 10.3. The molecule has 0 amide bonds. The number of amidine groups is 1. The van der Waals surface area contributed by atoms with E-state index in [9.17, 15) is 12.8 Å². The molecular weight excluding hydrogens is 567 g/mol. The van der Waals surface area contributed by atoms with Gasteiger partial charge in [-0.2, -0.15) is 0 Å². The molecule has 0 aliphatic carbocycles. The molecule has 1 unspecified atom stereocenters. The Balaban J connectivity index is 1.28. The number of anilines is 2. The lowest BCUT2D eigenvalue weighted by molar-refractivity contribution is 0.306. The van der Waals surface area contributed by atoms with Gasteiger partial charge in [0, 0.05) is 35.3 Å². The number of hydrogen-bond donors (Lipinski definition) is 3. The van der Waals surface area contributed by atoms with E-state index in [1.54, 1.807) is 24.3 Å². The summed E-state index contributed by atoms with van der Waals surface area (Å²) >= 11 is 6.51. The second kappa shape index (κ2) is 12.3. The smallest absolute Gasteiger partial charge is 0.148 e. The van der Waals surface area contributed by atoms with Crippen LogP contribution in [-0.2, 0) is 23.0 Å². The van der Waals surface area contributed by atoms with E-state index >= 15 is 0 Å². The van der Waals surface area contributed by atoms with Crippen molar-refractivity contribution in [1.29, 1.82) is 0 Å². The minimum absolute atomic E-state index is 0.0712. The predicted molar refractivity (Wildman–Crippen MR) is 161 cm³/mol. The van der Waals surface area contributed by atoms with Crippen LogP contribution in [0.5, 0.6) is 5.75 Å². The average Bonchev–Trinajstić information content (AvgIpc) is 3.39. The fourth-order valence-electron chi connectivity index (χ4n) is 4.36. The maximum absolute atomic E-state index is 13.5. The summed E-state index contributed by atoms with van der Waals surface area (Å²) in [6, 6.07) is 21.3. The Bertz CT molecular complexity index is 1690. The number of sulfone groups is 1. The Morgan fingerprint density at radius 2 is 1.95 bits per heavy atom. The standard InChI is InChI=1S/C30H30ClFN4O4S/c1-19-34-27-9-6-21(28-11-8-24(40-28)17-33-12-13-41(2,37)38)15-25(27)30(35-19)36-23-7-10-29(26(31)16-23)39-18-20-4-3-5-22(32)14-20/h3-11,14-16,19,33-34H,12-13,17-18H2,1-2H3,(H,35,36). The van der Waals surface area contributed by atoms with Crippen LogP contribution in [0.1, 0.15) is 23.8 Å². The highest BCUT2D eigenvalue weighted by atomic mass is 35.5. The molecule has 0 saturated heterocycles. The van der Waals surface area contributed by atoms with Crippen LogP contribution in [0.4, 0.5) is 15.8 Å². The van der Waals surface area contributed by atoms with E-state index in [-0.39, 0.29) is 24.3 Å². The van der Waals surface area contributed by atoms with Gasteiger partial charge in [-0.1, -0.05) is 23.7 Å². The maximum atomic E-state index is 13.5. The van der Waals surface area contributed by atoms with Crippen LogP contribution in [0.25, 0.3) is 11.3 Å². The highest BCUT2D eigenvalue weighted by Gasteiger charge is 2.20. The van der Waals surface area contributed by atoms with Gasteiger partial charge < -0.3 is 25.1 Å².